The molecular weight excluding hydrogens is 236 g/mol. The fourth-order valence-electron chi connectivity index (χ4n) is 3.15. The first kappa shape index (κ1) is 16.9. The Bertz CT molecular complexity index is 231. The van der Waals surface area contributed by atoms with Gasteiger partial charge in [0.15, 0.2) is 0 Å². The lowest BCUT2D eigenvalue weighted by atomic mass is 9.85. The predicted octanol–water partition coefficient (Wildman–Crippen LogP) is 2.59. The molecule has 0 atom stereocenters. The Morgan fingerprint density at radius 2 is 1.68 bits per heavy atom. The topological polar surface area (TPSA) is 26.7 Å². The van der Waals surface area contributed by atoms with E-state index in [9.17, 15) is 5.11 Å². The number of hydrogen-bond donors (Lipinski definition) is 1. The van der Waals surface area contributed by atoms with E-state index in [1.165, 1.54) is 32.5 Å². The highest BCUT2D eigenvalue weighted by Crippen LogP contribution is 2.29. The van der Waals surface area contributed by atoms with Gasteiger partial charge < -0.3 is 10.0 Å². The Morgan fingerprint density at radius 1 is 1.16 bits per heavy atom. The maximum atomic E-state index is 9.46. The van der Waals surface area contributed by atoms with E-state index in [-0.39, 0.29) is 6.10 Å². The van der Waals surface area contributed by atoms with Crippen LogP contribution in [0.15, 0.2) is 0 Å². The van der Waals surface area contributed by atoms with Gasteiger partial charge in [-0.15, -0.1) is 0 Å². The van der Waals surface area contributed by atoms with Crippen LogP contribution in [0.4, 0.5) is 0 Å². The molecule has 0 spiro atoms. The smallest absolute Gasteiger partial charge is 0.0570 e. The van der Waals surface area contributed by atoms with Gasteiger partial charge in [0.2, 0.25) is 0 Å². The van der Waals surface area contributed by atoms with Gasteiger partial charge in [0, 0.05) is 18.6 Å². The van der Waals surface area contributed by atoms with E-state index in [1.54, 1.807) is 0 Å². The molecule has 0 unspecified atom stereocenters. The Balaban J connectivity index is 0.000000861. The minimum atomic E-state index is -0.0289. The monoisotopic (exact) mass is 270 g/mol. The first-order chi connectivity index (χ1) is 9.06. The molecule has 0 aromatic rings. The molecule has 2 aliphatic rings. The van der Waals surface area contributed by atoms with E-state index < -0.39 is 0 Å². The molecule has 2 rings (SSSR count). The second kappa shape index (κ2) is 8.23. The summed E-state index contributed by atoms with van der Waals surface area (Å²) in [6.07, 6.45) is 4.64. The number of piperidine rings is 1. The standard InChI is InChI=1S/C14H28N2O.C2H6/c1-11(2)16(13-8-14(17)9-13)10-12-4-6-15(3)7-5-12;1-2/h11-14,17H,4-10H2,1-3H3;1-2H3. The van der Waals surface area contributed by atoms with Crippen LogP contribution in [0.1, 0.15) is 53.4 Å². The van der Waals surface area contributed by atoms with Crippen LogP contribution in [0.2, 0.25) is 0 Å². The average molecular weight is 270 g/mol. The zero-order valence-corrected chi connectivity index (χ0v) is 13.6. The SMILES string of the molecule is CC.CC(C)N(CC1CCN(C)CC1)C1CC(O)C1. The van der Waals surface area contributed by atoms with Crippen molar-refractivity contribution in [3.63, 3.8) is 0 Å². The van der Waals surface area contributed by atoms with E-state index >= 15 is 0 Å². The van der Waals surface area contributed by atoms with Crippen molar-refractivity contribution in [3.05, 3.63) is 0 Å². The van der Waals surface area contributed by atoms with Crippen LogP contribution >= 0.6 is 0 Å². The summed E-state index contributed by atoms with van der Waals surface area (Å²) < 4.78 is 0. The van der Waals surface area contributed by atoms with Crippen molar-refractivity contribution in [1.82, 2.24) is 9.80 Å². The van der Waals surface area contributed by atoms with Crippen LogP contribution < -0.4 is 0 Å². The minimum absolute atomic E-state index is 0.0289. The largest absolute Gasteiger partial charge is 0.393 e. The van der Waals surface area contributed by atoms with Crippen LogP contribution in [0.3, 0.4) is 0 Å². The molecular formula is C16H34N2O. The van der Waals surface area contributed by atoms with Crippen molar-refractivity contribution in [2.45, 2.75) is 71.6 Å². The van der Waals surface area contributed by atoms with Crippen molar-refractivity contribution in [2.24, 2.45) is 5.92 Å². The van der Waals surface area contributed by atoms with E-state index in [2.05, 4.69) is 30.7 Å². The first-order valence-electron chi connectivity index (χ1n) is 8.18. The van der Waals surface area contributed by atoms with Gasteiger partial charge in [-0.1, -0.05) is 13.8 Å². The molecule has 1 heterocycles. The Labute approximate surface area is 120 Å². The Morgan fingerprint density at radius 3 is 2.11 bits per heavy atom. The number of likely N-dealkylation sites (tertiary alicyclic amines) is 1. The summed E-state index contributed by atoms with van der Waals surface area (Å²) in [5.41, 5.74) is 0. The van der Waals surface area contributed by atoms with Crippen molar-refractivity contribution in [1.29, 1.82) is 0 Å². The van der Waals surface area contributed by atoms with Gasteiger partial charge in [-0.25, -0.2) is 0 Å². The van der Waals surface area contributed by atoms with Crippen molar-refractivity contribution < 1.29 is 5.11 Å². The summed E-state index contributed by atoms with van der Waals surface area (Å²) in [6.45, 7) is 12.3. The van der Waals surface area contributed by atoms with Gasteiger partial charge in [0.25, 0.3) is 0 Å². The number of aliphatic hydroxyl groups excluding tert-OH is 1. The fourth-order valence-corrected chi connectivity index (χ4v) is 3.15. The maximum Gasteiger partial charge on any atom is 0.0570 e. The van der Waals surface area contributed by atoms with Crippen molar-refractivity contribution in [3.8, 4) is 0 Å². The molecule has 0 aromatic carbocycles. The molecule has 1 saturated heterocycles. The molecule has 0 aromatic heterocycles. The van der Waals surface area contributed by atoms with E-state index in [1.807, 2.05) is 13.8 Å². The summed E-state index contributed by atoms with van der Waals surface area (Å²) in [5, 5.41) is 9.46. The van der Waals surface area contributed by atoms with E-state index in [4.69, 9.17) is 0 Å². The fraction of sp³-hybridized carbons (Fsp3) is 1.00. The number of aliphatic hydroxyl groups is 1. The van der Waals surface area contributed by atoms with Gasteiger partial charge in [-0.2, -0.15) is 0 Å². The third-order valence-corrected chi connectivity index (χ3v) is 4.53. The third kappa shape index (κ3) is 5.05. The average Bonchev–Trinajstić information content (AvgIpc) is 2.37. The first-order valence-corrected chi connectivity index (χ1v) is 8.18. The van der Waals surface area contributed by atoms with Gasteiger partial charge >= 0.3 is 0 Å². The van der Waals surface area contributed by atoms with Gasteiger partial charge in [-0.05, 0) is 65.6 Å². The molecule has 0 bridgehead atoms. The lowest BCUT2D eigenvalue weighted by Gasteiger charge is -2.45. The highest BCUT2D eigenvalue weighted by atomic mass is 16.3. The third-order valence-electron chi connectivity index (χ3n) is 4.53. The molecule has 0 amide bonds. The lowest BCUT2D eigenvalue weighted by Crippen LogP contribution is -2.52. The molecule has 0 radical (unpaired) electrons. The summed E-state index contributed by atoms with van der Waals surface area (Å²) >= 11 is 0. The maximum absolute atomic E-state index is 9.46. The Kier molecular flexibility index (Phi) is 7.33. The number of rotatable bonds is 4. The zero-order valence-electron chi connectivity index (χ0n) is 13.6. The van der Waals surface area contributed by atoms with Crippen LogP contribution in [-0.2, 0) is 0 Å². The van der Waals surface area contributed by atoms with Crippen molar-refractivity contribution >= 4 is 0 Å². The molecule has 3 heteroatoms. The van der Waals surface area contributed by atoms with Gasteiger partial charge in [0.05, 0.1) is 6.10 Å². The molecule has 2 fully saturated rings. The van der Waals surface area contributed by atoms with Crippen LogP contribution in [-0.4, -0.2) is 59.8 Å². The molecule has 1 N–H and O–H groups in total. The summed E-state index contributed by atoms with van der Waals surface area (Å²) in [6, 6.07) is 1.26. The number of nitrogens with zero attached hydrogens (tertiary/aromatic N) is 2. The second-order valence-electron chi connectivity index (χ2n) is 6.32. The molecule has 3 nitrogen and oxygen atoms in total. The number of hydrogen-bond acceptors (Lipinski definition) is 3. The molecule has 1 aliphatic carbocycles. The normalized spacial score (nSPS) is 29.1. The van der Waals surface area contributed by atoms with Gasteiger partial charge in [0.1, 0.15) is 0 Å². The van der Waals surface area contributed by atoms with E-state index in [0.717, 1.165) is 18.8 Å². The van der Waals surface area contributed by atoms with Crippen LogP contribution in [0.5, 0.6) is 0 Å². The van der Waals surface area contributed by atoms with Crippen LogP contribution in [0, 0.1) is 5.92 Å². The summed E-state index contributed by atoms with van der Waals surface area (Å²) in [5.74, 6) is 0.867. The molecule has 19 heavy (non-hydrogen) atoms. The minimum Gasteiger partial charge on any atom is -0.393 e. The van der Waals surface area contributed by atoms with Crippen molar-refractivity contribution in [2.75, 3.05) is 26.7 Å². The quantitative estimate of drug-likeness (QED) is 0.850. The summed E-state index contributed by atoms with van der Waals surface area (Å²) in [7, 11) is 2.22. The zero-order chi connectivity index (χ0) is 14.4. The highest BCUT2D eigenvalue weighted by molar-refractivity contribution is 4.89. The molecule has 1 aliphatic heterocycles. The van der Waals surface area contributed by atoms with Gasteiger partial charge in [-0.3, -0.25) is 4.90 Å². The van der Waals surface area contributed by atoms with Crippen LogP contribution in [0.25, 0.3) is 0 Å². The second-order valence-corrected chi connectivity index (χ2v) is 6.32. The lowest BCUT2D eigenvalue weighted by molar-refractivity contribution is -0.0214. The molecule has 1 saturated carbocycles. The van der Waals surface area contributed by atoms with E-state index in [0.29, 0.717) is 12.1 Å². The highest BCUT2D eigenvalue weighted by Gasteiger charge is 2.34. The predicted molar refractivity (Wildman–Crippen MR) is 82.4 cm³/mol. The Hall–Kier alpha value is -0.120. The summed E-state index contributed by atoms with van der Waals surface area (Å²) in [4.78, 5) is 5.06. The molecule has 114 valence electrons.